The van der Waals surface area contributed by atoms with Crippen LogP contribution >= 0.6 is 0 Å². The first kappa shape index (κ1) is 19.8. The number of hydrogen-bond donors (Lipinski definition) is 1. The molecule has 1 amide bonds. The molecule has 0 saturated carbocycles. The quantitative estimate of drug-likeness (QED) is 0.802. The van der Waals surface area contributed by atoms with Crippen molar-refractivity contribution in [2.45, 2.75) is 19.9 Å². The molecular formula is C21H26N4O3. The van der Waals surface area contributed by atoms with Crippen LogP contribution in [0.3, 0.4) is 0 Å². The Bertz CT molecular complexity index is 831. The van der Waals surface area contributed by atoms with Crippen LogP contribution in [0.1, 0.15) is 34.6 Å². The van der Waals surface area contributed by atoms with Gasteiger partial charge in [-0.2, -0.15) is 0 Å². The van der Waals surface area contributed by atoms with E-state index in [-0.39, 0.29) is 5.91 Å². The molecule has 2 aromatic rings. The van der Waals surface area contributed by atoms with Gasteiger partial charge in [0.2, 0.25) is 0 Å². The summed E-state index contributed by atoms with van der Waals surface area (Å²) in [4.78, 5) is 33.3. The topological polar surface area (TPSA) is 74.8 Å². The largest absolute Gasteiger partial charge is 0.465 e. The molecule has 3 rings (SSSR count). The van der Waals surface area contributed by atoms with Crippen molar-refractivity contribution in [1.29, 1.82) is 0 Å². The molecule has 7 nitrogen and oxygen atoms in total. The van der Waals surface area contributed by atoms with Gasteiger partial charge < -0.3 is 15.0 Å². The highest BCUT2D eigenvalue weighted by atomic mass is 16.5. The minimum absolute atomic E-state index is 0.266. The third-order valence-electron chi connectivity index (χ3n) is 4.97. The lowest BCUT2D eigenvalue weighted by Gasteiger charge is -2.38. The molecule has 7 heteroatoms. The molecule has 1 saturated heterocycles. The van der Waals surface area contributed by atoms with Gasteiger partial charge in [-0.25, -0.2) is 4.79 Å². The average molecular weight is 382 g/mol. The van der Waals surface area contributed by atoms with Crippen LogP contribution in [0.25, 0.3) is 0 Å². The van der Waals surface area contributed by atoms with Crippen molar-refractivity contribution in [1.82, 2.24) is 9.88 Å². The summed E-state index contributed by atoms with van der Waals surface area (Å²) in [5.74, 6) is -0.703. The van der Waals surface area contributed by atoms with E-state index in [2.05, 4.69) is 33.9 Å². The molecule has 0 radical (unpaired) electrons. The number of amides is 1. The highest BCUT2D eigenvalue weighted by Gasteiger charge is 2.22. The van der Waals surface area contributed by atoms with Crippen LogP contribution in [-0.4, -0.2) is 61.1 Å². The van der Waals surface area contributed by atoms with Gasteiger partial charge in [0.25, 0.3) is 5.91 Å². The Morgan fingerprint density at radius 3 is 2.46 bits per heavy atom. The van der Waals surface area contributed by atoms with E-state index in [1.807, 2.05) is 6.07 Å². The van der Waals surface area contributed by atoms with Crippen LogP contribution < -0.4 is 10.2 Å². The van der Waals surface area contributed by atoms with Crippen molar-refractivity contribution in [3.8, 4) is 0 Å². The number of benzene rings is 1. The normalized spacial score (nSPS) is 14.8. The summed E-state index contributed by atoms with van der Waals surface area (Å²) in [6, 6.07) is 9.20. The zero-order valence-corrected chi connectivity index (χ0v) is 16.5. The van der Waals surface area contributed by atoms with Crippen molar-refractivity contribution >= 4 is 23.3 Å². The number of methoxy groups -OCH3 is 1. The standard InChI is InChI=1S/C21H26N4O3/c1-15(2)24-9-11-25(12-10-24)19-7-6-16(21(27)28-3)13-18(19)23-20(26)17-5-4-8-22-14-17/h4-8,13-15H,9-12H2,1-3H3,(H,23,26). The number of anilines is 2. The number of esters is 1. The molecule has 1 fully saturated rings. The summed E-state index contributed by atoms with van der Waals surface area (Å²) in [7, 11) is 1.34. The van der Waals surface area contributed by atoms with Gasteiger partial charge in [0.1, 0.15) is 0 Å². The van der Waals surface area contributed by atoms with Gasteiger partial charge in [0.15, 0.2) is 0 Å². The number of nitrogens with one attached hydrogen (secondary N) is 1. The molecule has 0 aliphatic carbocycles. The van der Waals surface area contributed by atoms with E-state index in [1.165, 1.54) is 13.3 Å². The smallest absolute Gasteiger partial charge is 0.337 e. The second-order valence-corrected chi connectivity index (χ2v) is 7.04. The van der Waals surface area contributed by atoms with E-state index in [0.29, 0.717) is 22.9 Å². The van der Waals surface area contributed by atoms with E-state index in [4.69, 9.17) is 4.74 Å². The molecular weight excluding hydrogens is 356 g/mol. The van der Waals surface area contributed by atoms with E-state index < -0.39 is 5.97 Å². The fraction of sp³-hybridized carbons (Fsp3) is 0.381. The molecule has 0 spiro atoms. The van der Waals surface area contributed by atoms with Crippen LogP contribution in [-0.2, 0) is 4.74 Å². The van der Waals surface area contributed by atoms with Crippen LogP contribution in [0.4, 0.5) is 11.4 Å². The van der Waals surface area contributed by atoms with E-state index >= 15 is 0 Å². The summed E-state index contributed by atoms with van der Waals surface area (Å²) in [6.45, 7) is 8.00. The average Bonchev–Trinajstić information content (AvgIpc) is 2.73. The minimum atomic E-state index is -0.437. The van der Waals surface area contributed by atoms with Crippen molar-refractivity contribution < 1.29 is 14.3 Å². The Balaban J connectivity index is 1.87. The molecule has 0 unspecified atom stereocenters. The molecule has 1 aromatic heterocycles. The lowest BCUT2D eigenvalue weighted by Crippen LogP contribution is -2.49. The monoisotopic (exact) mass is 382 g/mol. The van der Waals surface area contributed by atoms with Crippen LogP contribution in [0.15, 0.2) is 42.7 Å². The molecule has 28 heavy (non-hydrogen) atoms. The first-order chi connectivity index (χ1) is 13.5. The molecule has 1 aliphatic heterocycles. The van der Waals surface area contributed by atoms with Gasteiger partial charge in [0.05, 0.1) is 29.6 Å². The Morgan fingerprint density at radius 2 is 1.86 bits per heavy atom. The lowest BCUT2D eigenvalue weighted by molar-refractivity contribution is 0.0600. The second kappa shape index (κ2) is 8.84. The molecule has 2 heterocycles. The third-order valence-corrected chi connectivity index (χ3v) is 4.97. The Hall–Kier alpha value is -2.93. The lowest BCUT2D eigenvalue weighted by atomic mass is 10.1. The highest BCUT2D eigenvalue weighted by Crippen LogP contribution is 2.29. The predicted molar refractivity (Wildman–Crippen MR) is 109 cm³/mol. The molecule has 1 N–H and O–H groups in total. The molecule has 0 atom stereocenters. The predicted octanol–water partition coefficient (Wildman–Crippen LogP) is 2.65. The van der Waals surface area contributed by atoms with Gasteiger partial charge in [-0.1, -0.05) is 0 Å². The Kier molecular flexibility index (Phi) is 6.26. The fourth-order valence-corrected chi connectivity index (χ4v) is 3.33. The van der Waals surface area contributed by atoms with Gasteiger partial charge in [-0.05, 0) is 44.2 Å². The summed E-state index contributed by atoms with van der Waals surface area (Å²) in [5.41, 5.74) is 2.35. The first-order valence-electron chi connectivity index (χ1n) is 9.42. The van der Waals surface area contributed by atoms with Gasteiger partial charge in [-0.3, -0.25) is 14.7 Å². The summed E-state index contributed by atoms with van der Waals surface area (Å²) in [5, 5.41) is 2.94. The number of nitrogens with zero attached hydrogens (tertiary/aromatic N) is 3. The van der Waals surface area contributed by atoms with Crippen molar-refractivity contribution in [3.63, 3.8) is 0 Å². The van der Waals surface area contributed by atoms with Crippen LogP contribution in [0, 0.1) is 0 Å². The number of ether oxygens (including phenoxy) is 1. The first-order valence-corrected chi connectivity index (χ1v) is 9.42. The maximum atomic E-state index is 12.6. The zero-order valence-electron chi connectivity index (χ0n) is 16.5. The molecule has 148 valence electrons. The molecule has 1 aliphatic rings. The molecule has 0 bridgehead atoms. The Labute approximate surface area is 165 Å². The van der Waals surface area contributed by atoms with Gasteiger partial charge in [0, 0.05) is 44.6 Å². The van der Waals surface area contributed by atoms with Crippen molar-refractivity contribution in [2.24, 2.45) is 0 Å². The third kappa shape index (κ3) is 4.48. The highest BCUT2D eigenvalue weighted by molar-refractivity contribution is 6.06. The number of carbonyl (C=O) groups is 2. The number of rotatable bonds is 5. The number of pyridine rings is 1. The van der Waals surface area contributed by atoms with Crippen LogP contribution in [0.2, 0.25) is 0 Å². The van der Waals surface area contributed by atoms with Crippen molar-refractivity contribution in [3.05, 3.63) is 53.9 Å². The maximum Gasteiger partial charge on any atom is 0.337 e. The number of aromatic nitrogens is 1. The number of piperazine rings is 1. The number of carbonyl (C=O) groups excluding carboxylic acids is 2. The SMILES string of the molecule is COC(=O)c1ccc(N2CCN(C(C)C)CC2)c(NC(=O)c2cccnc2)c1. The number of hydrogen-bond acceptors (Lipinski definition) is 6. The van der Waals surface area contributed by atoms with Gasteiger partial charge in [-0.15, -0.1) is 0 Å². The zero-order chi connectivity index (χ0) is 20.1. The second-order valence-electron chi connectivity index (χ2n) is 7.04. The Morgan fingerprint density at radius 1 is 1.11 bits per heavy atom. The summed E-state index contributed by atoms with van der Waals surface area (Å²) < 4.78 is 4.82. The van der Waals surface area contributed by atoms with E-state index in [0.717, 1.165) is 31.9 Å². The summed E-state index contributed by atoms with van der Waals surface area (Å²) in [6.07, 6.45) is 3.13. The fourth-order valence-electron chi connectivity index (χ4n) is 3.33. The maximum absolute atomic E-state index is 12.6. The minimum Gasteiger partial charge on any atom is -0.465 e. The van der Waals surface area contributed by atoms with Crippen LogP contribution in [0.5, 0.6) is 0 Å². The summed E-state index contributed by atoms with van der Waals surface area (Å²) >= 11 is 0. The van der Waals surface area contributed by atoms with E-state index in [9.17, 15) is 9.59 Å². The van der Waals surface area contributed by atoms with Crippen molar-refractivity contribution in [2.75, 3.05) is 43.5 Å². The molecule has 1 aromatic carbocycles. The van der Waals surface area contributed by atoms with Gasteiger partial charge >= 0.3 is 5.97 Å². The van der Waals surface area contributed by atoms with E-state index in [1.54, 1.807) is 30.5 Å².